The average Bonchev–Trinajstić information content (AvgIpc) is 2.80. The predicted octanol–water partition coefficient (Wildman–Crippen LogP) is 1.45. The first-order chi connectivity index (χ1) is 11.6. The molecular weight excluding hydrogens is 336 g/mol. The molecule has 0 radical (unpaired) electrons. The number of aromatic amines is 1. The molecule has 0 atom stereocenters. The van der Waals surface area contributed by atoms with Crippen molar-refractivity contribution in [3.8, 4) is 5.69 Å². The fourth-order valence-corrected chi connectivity index (χ4v) is 2.32. The molecule has 0 saturated heterocycles. The molecule has 2 rings (SSSR count). The van der Waals surface area contributed by atoms with E-state index in [9.17, 15) is 34.6 Å². The summed E-state index contributed by atoms with van der Waals surface area (Å²) >= 11 is 0. The van der Waals surface area contributed by atoms with E-state index in [2.05, 4.69) is 5.10 Å². The minimum atomic E-state index is -0.874. The van der Waals surface area contributed by atoms with E-state index >= 15 is 0 Å². The second kappa shape index (κ2) is 6.47. The molecule has 0 aliphatic carbocycles. The zero-order valence-corrected chi connectivity index (χ0v) is 13.1. The Morgan fingerprint density at radius 2 is 1.84 bits per heavy atom. The van der Waals surface area contributed by atoms with Crippen molar-refractivity contribution in [1.82, 2.24) is 9.78 Å². The Morgan fingerprint density at radius 3 is 2.36 bits per heavy atom. The molecule has 1 aromatic heterocycles. The number of carbonyl (C=O) groups is 2. The number of rotatable bonds is 6. The highest BCUT2D eigenvalue weighted by molar-refractivity contribution is 6.07. The number of nitro groups is 2. The van der Waals surface area contributed by atoms with Gasteiger partial charge in [0.1, 0.15) is 17.0 Å². The zero-order chi connectivity index (χ0) is 18.9. The Bertz CT molecular complexity index is 970. The van der Waals surface area contributed by atoms with Crippen molar-refractivity contribution >= 4 is 22.9 Å². The monoisotopic (exact) mass is 348 g/mol. The van der Waals surface area contributed by atoms with Crippen LogP contribution in [0.15, 0.2) is 23.0 Å². The number of hydrogen-bond donors (Lipinski definition) is 1. The van der Waals surface area contributed by atoms with Gasteiger partial charge in [-0.15, -0.1) is 0 Å². The summed E-state index contributed by atoms with van der Waals surface area (Å²) < 4.78 is 0.755. The lowest BCUT2D eigenvalue weighted by Gasteiger charge is -2.03. The van der Waals surface area contributed by atoms with Crippen molar-refractivity contribution in [3.63, 3.8) is 0 Å². The fourth-order valence-electron chi connectivity index (χ4n) is 2.32. The number of aromatic nitrogens is 2. The molecule has 0 aliphatic rings. The summed E-state index contributed by atoms with van der Waals surface area (Å²) in [7, 11) is 0. The molecule has 0 aliphatic heterocycles. The highest BCUT2D eigenvalue weighted by atomic mass is 16.6. The van der Waals surface area contributed by atoms with Gasteiger partial charge in [-0.1, -0.05) is 0 Å². The number of Topliss-reactive ketones (excluding diaryl/α,β-unsaturated/α-hetero) is 2. The maximum atomic E-state index is 12.4. The quantitative estimate of drug-likeness (QED) is 0.358. The number of hydrogen-bond acceptors (Lipinski definition) is 7. The molecule has 11 nitrogen and oxygen atoms in total. The van der Waals surface area contributed by atoms with E-state index in [1.165, 1.54) is 13.8 Å². The van der Waals surface area contributed by atoms with Gasteiger partial charge in [0.2, 0.25) is 0 Å². The van der Waals surface area contributed by atoms with E-state index in [-0.39, 0.29) is 16.9 Å². The molecule has 0 amide bonds. The molecule has 0 saturated carbocycles. The third kappa shape index (κ3) is 3.34. The third-order valence-electron chi connectivity index (χ3n) is 3.37. The lowest BCUT2D eigenvalue weighted by Crippen LogP contribution is -2.22. The molecular formula is C14H12N4O7. The van der Waals surface area contributed by atoms with Gasteiger partial charge >= 0.3 is 5.69 Å². The Morgan fingerprint density at radius 1 is 1.20 bits per heavy atom. The van der Waals surface area contributed by atoms with Gasteiger partial charge < -0.3 is 0 Å². The molecule has 0 fully saturated rings. The van der Waals surface area contributed by atoms with Gasteiger partial charge in [-0.3, -0.25) is 39.7 Å². The van der Waals surface area contributed by atoms with Gasteiger partial charge in [0.25, 0.3) is 11.2 Å². The normalized spacial score (nSPS) is 10.5. The molecule has 130 valence electrons. The SMILES string of the molecule is CC(=O)CC(=O)c1c(C)[nH]n(-c2ccc([N+](=O)[O-])cc2[N+](=O)[O-])c1=O. The first kappa shape index (κ1) is 17.7. The van der Waals surface area contributed by atoms with Crippen LogP contribution in [0.1, 0.15) is 29.4 Å². The number of aryl methyl sites for hydroxylation is 1. The number of ketones is 2. The van der Waals surface area contributed by atoms with Crippen molar-refractivity contribution in [2.24, 2.45) is 0 Å². The van der Waals surface area contributed by atoms with Crippen molar-refractivity contribution in [3.05, 3.63) is 60.0 Å². The van der Waals surface area contributed by atoms with E-state index in [0.29, 0.717) is 0 Å². The van der Waals surface area contributed by atoms with Crippen LogP contribution in [0.2, 0.25) is 0 Å². The highest BCUT2D eigenvalue weighted by Crippen LogP contribution is 2.27. The zero-order valence-electron chi connectivity index (χ0n) is 13.1. The predicted molar refractivity (Wildman–Crippen MR) is 84.1 cm³/mol. The molecule has 1 N–H and O–H groups in total. The maximum Gasteiger partial charge on any atom is 0.301 e. The number of H-pyrrole nitrogens is 1. The summed E-state index contributed by atoms with van der Waals surface area (Å²) in [5.74, 6) is -1.15. The Kier molecular flexibility index (Phi) is 4.59. The van der Waals surface area contributed by atoms with Crippen LogP contribution in [-0.2, 0) is 4.79 Å². The number of non-ortho nitro benzene ring substituents is 1. The molecule has 1 aromatic carbocycles. The molecule has 11 heteroatoms. The first-order valence-corrected chi connectivity index (χ1v) is 6.91. The van der Waals surface area contributed by atoms with Gasteiger partial charge in [-0.2, -0.15) is 0 Å². The summed E-state index contributed by atoms with van der Waals surface area (Å²) in [4.78, 5) is 55.8. The topological polar surface area (TPSA) is 158 Å². The summed E-state index contributed by atoms with van der Waals surface area (Å²) in [6.07, 6.45) is -0.476. The number of nitrogens with one attached hydrogen (secondary N) is 1. The van der Waals surface area contributed by atoms with Crippen LogP contribution in [0.5, 0.6) is 0 Å². The van der Waals surface area contributed by atoms with Gasteiger partial charge in [-0.25, -0.2) is 4.68 Å². The summed E-state index contributed by atoms with van der Waals surface area (Å²) in [6, 6.07) is 2.75. The smallest absolute Gasteiger partial charge is 0.300 e. The highest BCUT2D eigenvalue weighted by Gasteiger charge is 2.26. The lowest BCUT2D eigenvalue weighted by molar-refractivity contribution is -0.394. The van der Waals surface area contributed by atoms with Gasteiger partial charge in [0.05, 0.1) is 22.3 Å². The van der Waals surface area contributed by atoms with Crippen LogP contribution in [0, 0.1) is 27.2 Å². The molecule has 0 unspecified atom stereocenters. The number of nitrogens with zero attached hydrogens (tertiary/aromatic N) is 3. The van der Waals surface area contributed by atoms with E-state index in [4.69, 9.17) is 0 Å². The minimum Gasteiger partial charge on any atom is -0.300 e. The second-order valence-electron chi connectivity index (χ2n) is 5.24. The Labute approximate surface area is 139 Å². The standard InChI is InChI=1S/C14H12N4O7/c1-7(19)5-12(20)13-8(2)15-16(14(13)21)10-4-3-9(17(22)23)6-11(10)18(24)25/h3-4,6,15H,5H2,1-2H3. The second-order valence-corrected chi connectivity index (χ2v) is 5.24. The van der Waals surface area contributed by atoms with Crippen molar-refractivity contribution < 1.29 is 19.4 Å². The minimum absolute atomic E-state index is 0.129. The van der Waals surface area contributed by atoms with E-state index in [0.717, 1.165) is 22.9 Å². The van der Waals surface area contributed by atoms with Crippen LogP contribution in [-0.4, -0.2) is 31.2 Å². The van der Waals surface area contributed by atoms with Crippen molar-refractivity contribution in [2.45, 2.75) is 20.3 Å². The Balaban J connectivity index is 2.66. The molecule has 0 spiro atoms. The van der Waals surface area contributed by atoms with Crippen molar-refractivity contribution in [2.75, 3.05) is 0 Å². The lowest BCUT2D eigenvalue weighted by atomic mass is 10.1. The number of carbonyl (C=O) groups excluding carboxylic acids is 2. The van der Waals surface area contributed by atoms with Crippen LogP contribution in [0.25, 0.3) is 5.69 Å². The summed E-state index contributed by atoms with van der Waals surface area (Å²) in [6.45, 7) is 2.60. The molecule has 1 heterocycles. The largest absolute Gasteiger partial charge is 0.301 e. The fraction of sp³-hybridized carbons (Fsp3) is 0.214. The van der Waals surface area contributed by atoms with Gasteiger partial charge in [-0.05, 0) is 19.9 Å². The van der Waals surface area contributed by atoms with Crippen LogP contribution in [0.4, 0.5) is 11.4 Å². The van der Waals surface area contributed by atoms with Crippen LogP contribution < -0.4 is 5.56 Å². The molecule has 25 heavy (non-hydrogen) atoms. The number of nitro benzene ring substituents is 2. The van der Waals surface area contributed by atoms with E-state index < -0.39 is 44.8 Å². The first-order valence-electron chi connectivity index (χ1n) is 6.91. The number of benzene rings is 1. The summed E-state index contributed by atoms with van der Waals surface area (Å²) in [5.41, 5.74) is -2.49. The third-order valence-corrected chi connectivity index (χ3v) is 3.37. The van der Waals surface area contributed by atoms with Gasteiger partial charge in [0, 0.05) is 11.8 Å². The average molecular weight is 348 g/mol. The van der Waals surface area contributed by atoms with Crippen molar-refractivity contribution in [1.29, 1.82) is 0 Å². The Hall–Kier alpha value is -3.63. The molecule has 2 aromatic rings. The van der Waals surface area contributed by atoms with Crippen LogP contribution >= 0.6 is 0 Å². The van der Waals surface area contributed by atoms with E-state index in [1.54, 1.807) is 0 Å². The van der Waals surface area contributed by atoms with E-state index in [1.807, 2.05) is 0 Å². The van der Waals surface area contributed by atoms with Gasteiger partial charge in [0.15, 0.2) is 5.78 Å². The van der Waals surface area contributed by atoms with Crippen LogP contribution in [0.3, 0.4) is 0 Å². The maximum absolute atomic E-state index is 12.4. The summed E-state index contributed by atoms with van der Waals surface area (Å²) in [5, 5.41) is 24.5. The molecule has 0 bridgehead atoms.